The number of hydrogen-bond donors (Lipinski definition) is 0. The third-order valence-corrected chi connectivity index (χ3v) is 4.69. The van der Waals surface area contributed by atoms with E-state index >= 15 is 0 Å². The van der Waals surface area contributed by atoms with Crippen molar-refractivity contribution in [2.75, 3.05) is 19.8 Å². The molecular weight excluding hydrogens is 368 g/mol. The van der Waals surface area contributed by atoms with Crippen LogP contribution in [0.2, 0.25) is 0 Å². The SMILES string of the molecule is C=CCO[C@@H]1[C@H]2OC3(C(C)(C)C)O[C@H]2O[C@H](COCC(=O)OC(C)(C)C)[C@H]1O3. The zero-order chi connectivity index (χ0) is 20.7. The molecule has 0 aliphatic carbocycles. The average Bonchev–Trinajstić information content (AvgIpc) is 2.76. The van der Waals surface area contributed by atoms with E-state index in [-0.39, 0.29) is 19.3 Å². The minimum atomic E-state index is -1.21. The van der Waals surface area contributed by atoms with Gasteiger partial charge in [0.05, 0.1) is 13.2 Å². The Morgan fingerprint density at radius 3 is 2.39 bits per heavy atom. The molecule has 0 spiro atoms. The van der Waals surface area contributed by atoms with Crippen molar-refractivity contribution in [1.29, 1.82) is 0 Å². The van der Waals surface area contributed by atoms with E-state index in [1.54, 1.807) is 6.08 Å². The van der Waals surface area contributed by atoms with E-state index in [4.69, 9.17) is 33.2 Å². The van der Waals surface area contributed by atoms with Gasteiger partial charge in [-0.15, -0.1) is 6.58 Å². The van der Waals surface area contributed by atoms with Crippen LogP contribution in [0.3, 0.4) is 0 Å². The van der Waals surface area contributed by atoms with Crippen LogP contribution < -0.4 is 0 Å². The van der Waals surface area contributed by atoms with Gasteiger partial charge in [0.25, 0.3) is 5.97 Å². The van der Waals surface area contributed by atoms with Gasteiger partial charge in [0.15, 0.2) is 6.29 Å². The lowest BCUT2D eigenvalue weighted by atomic mass is 9.91. The summed E-state index contributed by atoms with van der Waals surface area (Å²) in [6, 6.07) is 0. The number of hydrogen-bond acceptors (Lipinski definition) is 8. The van der Waals surface area contributed by atoms with Crippen LogP contribution in [0.15, 0.2) is 12.7 Å². The molecule has 8 heteroatoms. The van der Waals surface area contributed by atoms with Crippen molar-refractivity contribution >= 4 is 5.97 Å². The van der Waals surface area contributed by atoms with Gasteiger partial charge in [-0.2, -0.15) is 0 Å². The molecule has 3 bridgehead atoms. The third-order valence-electron chi connectivity index (χ3n) is 4.69. The van der Waals surface area contributed by atoms with Gasteiger partial charge in [0, 0.05) is 5.41 Å². The van der Waals surface area contributed by atoms with Gasteiger partial charge >= 0.3 is 5.97 Å². The summed E-state index contributed by atoms with van der Waals surface area (Å²) >= 11 is 0. The van der Waals surface area contributed by atoms with Gasteiger partial charge in [-0.1, -0.05) is 26.8 Å². The van der Waals surface area contributed by atoms with E-state index in [9.17, 15) is 4.79 Å². The van der Waals surface area contributed by atoms with Gasteiger partial charge in [0.1, 0.15) is 36.6 Å². The third kappa shape index (κ3) is 4.27. The normalized spacial score (nSPS) is 37.1. The lowest BCUT2D eigenvalue weighted by molar-refractivity contribution is -0.429. The first-order chi connectivity index (χ1) is 13.0. The number of rotatable bonds is 7. The topological polar surface area (TPSA) is 81.7 Å². The molecule has 0 amide bonds. The summed E-state index contributed by atoms with van der Waals surface area (Å²) in [7, 11) is 0. The number of ether oxygens (including phenoxy) is 7. The number of carbonyl (C=O) groups is 1. The van der Waals surface area contributed by atoms with Gasteiger partial charge in [0.2, 0.25) is 0 Å². The fraction of sp³-hybridized carbons (Fsp3) is 0.850. The highest BCUT2D eigenvalue weighted by atomic mass is 17.0. The maximum Gasteiger partial charge on any atom is 0.332 e. The molecule has 1 unspecified atom stereocenters. The summed E-state index contributed by atoms with van der Waals surface area (Å²) in [5.41, 5.74) is -0.992. The summed E-state index contributed by atoms with van der Waals surface area (Å²) in [5.74, 6) is -1.64. The van der Waals surface area contributed by atoms with Crippen LogP contribution in [0.1, 0.15) is 41.5 Å². The highest BCUT2D eigenvalue weighted by Crippen LogP contribution is 2.53. The van der Waals surface area contributed by atoms with E-state index in [1.807, 2.05) is 41.5 Å². The lowest BCUT2D eigenvalue weighted by Crippen LogP contribution is -2.64. The van der Waals surface area contributed by atoms with Crippen LogP contribution in [0.25, 0.3) is 0 Å². The maximum atomic E-state index is 11.9. The van der Waals surface area contributed by atoms with Crippen LogP contribution in [-0.2, 0) is 38.0 Å². The van der Waals surface area contributed by atoms with Crippen molar-refractivity contribution in [1.82, 2.24) is 0 Å². The molecule has 0 aromatic heterocycles. The van der Waals surface area contributed by atoms with Crippen molar-refractivity contribution in [2.24, 2.45) is 5.41 Å². The highest BCUT2D eigenvalue weighted by molar-refractivity contribution is 5.71. The second kappa shape index (κ2) is 7.66. The van der Waals surface area contributed by atoms with Crippen LogP contribution >= 0.6 is 0 Å². The van der Waals surface area contributed by atoms with Crippen molar-refractivity contribution in [3.05, 3.63) is 12.7 Å². The van der Waals surface area contributed by atoms with Gasteiger partial charge < -0.3 is 28.4 Å². The van der Waals surface area contributed by atoms with Gasteiger partial charge in [-0.25, -0.2) is 4.79 Å². The average molecular weight is 400 g/mol. The molecule has 28 heavy (non-hydrogen) atoms. The lowest BCUT2D eigenvalue weighted by Gasteiger charge is -2.48. The molecule has 3 saturated heterocycles. The maximum absolute atomic E-state index is 11.9. The summed E-state index contributed by atoms with van der Waals surface area (Å²) in [6.45, 7) is 15.4. The number of fused-ring (bicyclic) bond motifs is 2. The highest BCUT2D eigenvalue weighted by Gasteiger charge is 2.69. The summed E-state index contributed by atoms with van der Waals surface area (Å²) in [4.78, 5) is 11.9. The summed E-state index contributed by atoms with van der Waals surface area (Å²) in [6.07, 6.45) is -0.681. The fourth-order valence-corrected chi connectivity index (χ4v) is 3.50. The van der Waals surface area contributed by atoms with Crippen molar-refractivity contribution in [3.63, 3.8) is 0 Å². The standard InChI is InChI=1S/C20H32O8/c1-8-9-23-15-14-12(10-22-11-13(21)25-19(5,6)7)24-17-16(15)27-20(26-14,28-17)18(2,3)4/h8,12,14-17H,1,9-11H2,2-7H3/t12-,14-,15+,16-,17-,20?/m1/s1. The Morgan fingerprint density at radius 1 is 1.11 bits per heavy atom. The minimum absolute atomic E-state index is 0.144. The number of carbonyl (C=O) groups excluding carboxylic acids is 1. The van der Waals surface area contributed by atoms with Gasteiger partial charge in [-0.05, 0) is 20.8 Å². The second-order valence-corrected chi connectivity index (χ2v) is 9.32. The van der Waals surface area contributed by atoms with Crippen LogP contribution in [0.5, 0.6) is 0 Å². The molecule has 3 rings (SSSR count). The predicted molar refractivity (Wildman–Crippen MR) is 98.3 cm³/mol. The Bertz CT molecular complexity index is 592. The predicted octanol–water partition coefficient (Wildman–Crippen LogP) is 2.15. The molecule has 160 valence electrons. The van der Waals surface area contributed by atoms with Crippen molar-refractivity contribution in [3.8, 4) is 0 Å². The molecular formula is C20H32O8. The van der Waals surface area contributed by atoms with Crippen molar-refractivity contribution < 1.29 is 38.0 Å². The molecule has 0 N–H and O–H groups in total. The summed E-state index contributed by atoms with van der Waals surface area (Å²) in [5, 5.41) is 0. The Kier molecular flexibility index (Phi) is 5.93. The smallest absolute Gasteiger partial charge is 0.332 e. The van der Waals surface area contributed by atoms with Crippen LogP contribution in [0, 0.1) is 5.41 Å². The largest absolute Gasteiger partial charge is 0.458 e. The Balaban J connectivity index is 1.67. The zero-order valence-electron chi connectivity index (χ0n) is 17.6. The molecule has 3 heterocycles. The second-order valence-electron chi connectivity index (χ2n) is 9.32. The first kappa shape index (κ1) is 21.7. The number of esters is 1. The molecule has 0 radical (unpaired) electrons. The Morgan fingerprint density at radius 2 is 1.79 bits per heavy atom. The Labute approximate surface area is 166 Å². The molecule has 3 aliphatic rings. The molecule has 0 aromatic rings. The van der Waals surface area contributed by atoms with E-state index < -0.39 is 47.6 Å². The van der Waals surface area contributed by atoms with E-state index in [1.165, 1.54) is 0 Å². The van der Waals surface area contributed by atoms with Crippen molar-refractivity contribution in [2.45, 2.75) is 83.8 Å². The summed E-state index contributed by atoms with van der Waals surface area (Å²) < 4.78 is 41.1. The molecule has 3 fully saturated rings. The van der Waals surface area contributed by atoms with Gasteiger partial charge in [-0.3, -0.25) is 4.74 Å². The Hall–Kier alpha value is -1.03. The molecule has 0 saturated carbocycles. The monoisotopic (exact) mass is 400 g/mol. The van der Waals surface area contributed by atoms with E-state index in [0.717, 1.165) is 0 Å². The fourth-order valence-electron chi connectivity index (χ4n) is 3.50. The molecule has 8 nitrogen and oxygen atoms in total. The first-order valence-electron chi connectivity index (χ1n) is 9.67. The molecule has 6 atom stereocenters. The first-order valence-corrected chi connectivity index (χ1v) is 9.67. The van der Waals surface area contributed by atoms with E-state index in [2.05, 4.69) is 6.58 Å². The molecule has 0 aromatic carbocycles. The quantitative estimate of drug-likeness (QED) is 0.475. The van der Waals surface area contributed by atoms with Crippen LogP contribution in [0.4, 0.5) is 0 Å². The zero-order valence-corrected chi connectivity index (χ0v) is 17.6. The van der Waals surface area contributed by atoms with E-state index in [0.29, 0.717) is 6.61 Å². The minimum Gasteiger partial charge on any atom is -0.458 e. The van der Waals surface area contributed by atoms with Crippen LogP contribution in [-0.4, -0.2) is 68.1 Å². The molecule has 3 aliphatic heterocycles.